The first-order chi connectivity index (χ1) is 12.7. The zero-order chi connectivity index (χ0) is 17.9. The Kier molecular flexibility index (Phi) is 4.58. The summed E-state index contributed by atoms with van der Waals surface area (Å²) in [5.74, 6) is 0.310. The molecule has 0 N–H and O–H groups in total. The monoisotopic (exact) mass is 352 g/mol. The smallest absolute Gasteiger partial charge is 0.265 e. The number of carbonyl (C=O) groups excluding carboxylic acids is 2. The summed E-state index contributed by atoms with van der Waals surface area (Å²) in [6.07, 6.45) is -0.712. The second-order valence-corrected chi connectivity index (χ2v) is 6.29. The van der Waals surface area contributed by atoms with Crippen molar-refractivity contribution in [3.63, 3.8) is 0 Å². The lowest BCUT2D eigenvalue weighted by molar-refractivity contribution is -0.142. The molecule has 0 saturated carbocycles. The van der Waals surface area contributed by atoms with E-state index >= 15 is 0 Å². The van der Waals surface area contributed by atoms with Crippen molar-refractivity contribution >= 4 is 17.5 Å². The van der Waals surface area contributed by atoms with Gasteiger partial charge in [-0.05, 0) is 24.3 Å². The second-order valence-electron chi connectivity index (χ2n) is 6.29. The van der Waals surface area contributed by atoms with E-state index in [-0.39, 0.29) is 18.4 Å². The maximum atomic E-state index is 13.0. The Hall–Kier alpha value is -2.86. The number of rotatable bonds is 2. The van der Waals surface area contributed by atoms with Crippen molar-refractivity contribution in [3.05, 3.63) is 60.2 Å². The van der Waals surface area contributed by atoms with Crippen LogP contribution in [0.3, 0.4) is 0 Å². The first kappa shape index (κ1) is 16.6. The number of nitrogens with zero attached hydrogens (tertiary/aromatic N) is 2. The van der Waals surface area contributed by atoms with Gasteiger partial charge in [-0.25, -0.2) is 0 Å². The van der Waals surface area contributed by atoms with Crippen LogP contribution in [0.5, 0.6) is 5.75 Å². The van der Waals surface area contributed by atoms with Gasteiger partial charge in [-0.2, -0.15) is 0 Å². The Labute approximate surface area is 151 Å². The maximum absolute atomic E-state index is 13.0. The molecule has 4 rings (SSSR count). The van der Waals surface area contributed by atoms with Crippen LogP contribution < -0.4 is 9.64 Å². The Balaban J connectivity index is 1.63. The van der Waals surface area contributed by atoms with Crippen molar-refractivity contribution in [2.75, 3.05) is 37.7 Å². The van der Waals surface area contributed by atoms with Gasteiger partial charge in [0.25, 0.3) is 11.8 Å². The van der Waals surface area contributed by atoms with E-state index in [1.807, 2.05) is 36.4 Å². The van der Waals surface area contributed by atoms with Gasteiger partial charge >= 0.3 is 0 Å². The van der Waals surface area contributed by atoms with Crippen LogP contribution in [0.15, 0.2) is 54.6 Å². The highest BCUT2D eigenvalue weighted by Crippen LogP contribution is 2.34. The molecule has 0 aliphatic carbocycles. The van der Waals surface area contributed by atoms with Crippen molar-refractivity contribution in [2.24, 2.45) is 0 Å². The lowest BCUT2D eigenvalue weighted by atomic mass is 10.1. The molecule has 0 aromatic heterocycles. The van der Waals surface area contributed by atoms with Crippen LogP contribution in [0.1, 0.15) is 10.4 Å². The van der Waals surface area contributed by atoms with Gasteiger partial charge < -0.3 is 19.3 Å². The summed E-state index contributed by atoms with van der Waals surface area (Å²) in [5, 5.41) is 0. The molecule has 2 heterocycles. The van der Waals surface area contributed by atoms with Crippen LogP contribution in [0, 0.1) is 0 Å². The molecule has 2 aromatic rings. The number of morpholine rings is 1. The summed E-state index contributed by atoms with van der Waals surface area (Å²) < 4.78 is 11.2. The number of ether oxygens (including phenoxy) is 2. The topological polar surface area (TPSA) is 59.1 Å². The molecule has 2 aliphatic heterocycles. The van der Waals surface area contributed by atoms with Gasteiger partial charge in [0.1, 0.15) is 5.75 Å². The van der Waals surface area contributed by atoms with Crippen molar-refractivity contribution < 1.29 is 19.1 Å². The van der Waals surface area contributed by atoms with Crippen molar-refractivity contribution in [1.29, 1.82) is 0 Å². The van der Waals surface area contributed by atoms with Gasteiger partial charge in [-0.1, -0.05) is 30.3 Å². The molecule has 6 nitrogen and oxygen atoms in total. The van der Waals surface area contributed by atoms with Crippen LogP contribution in [0.4, 0.5) is 5.69 Å². The SMILES string of the molecule is O=C(C1CN(C(=O)c2ccccc2)c2ccccc2O1)N1CCOCC1. The molecule has 1 atom stereocenters. The first-order valence-electron chi connectivity index (χ1n) is 8.73. The highest BCUT2D eigenvalue weighted by molar-refractivity contribution is 6.07. The molecule has 0 radical (unpaired) electrons. The maximum Gasteiger partial charge on any atom is 0.265 e. The average Bonchev–Trinajstić information content (AvgIpc) is 2.73. The standard InChI is InChI=1S/C20H20N2O4/c23-19(15-6-2-1-3-7-15)22-14-18(20(24)21-10-12-25-13-11-21)26-17-9-5-4-8-16(17)22/h1-9,18H,10-14H2. The summed E-state index contributed by atoms with van der Waals surface area (Å²) in [5.41, 5.74) is 1.27. The second kappa shape index (κ2) is 7.17. The predicted molar refractivity (Wildman–Crippen MR) is 96.4 cm³/mol. The number of hydrogen-bond donors (Lipinski definition) is 0. The quantitative estimate of drug-likeness (QED) is 0.829. The van der Waals surface area contributed by atoms with Crippen LogP contribution in [-0.2, 0) is 9.53 Å². The molecule has 1 saturated heterocycles. The van der Waals surface area contributed by atoms with Gasteiger partial charge in [-0.15, -0.1) is 0 Å². The molecular weight excluding hydrogens is 332 g/mol. The predicted octanol–water partition coefficient (Wildman–Crippen LogP) is 1.95. The van der Waals surface area contributed by atoms with E-state index in [0.717, 1.165) is 0 Å². The normalized spacial score (nSPS) is 19.5. The van der Waals surface area contributed by atoms with E-state index in [2.05, 4.69) is 0 Å². The van der Waals surface area contributed by atoms with Crippen molar-refractivity contribution in [3.8, 4) is 5.75 Å². The fourth-order valence-electron chi connectivity index (χ4n) is 3.28. The summed E-state index contributed by atoms with van der Waals surface area (Å²) >= 11 is 0. The fraction of sp³-hybridized carbons (Fsp3) is 0.300. The number of amides is 2. The third kappa shape index (κ3) is 3.15. The van der Waals surface area contributed by atoms with E-state index in [0.29, 0.717) is 43.3 Å². The van der Waals surface area contributed by atoms with Gasteiger partial charge in [0.2, 0.25) is 0 Å². The Morgan fingerprint density at radius 3 is 2.38 bits per heavy atom. The van der Waals surface area contributed by atoms with Crippen LogP contribution >= 0.6 is 0 Å². The lowest BCUT2D eigenvalue weighted by Crippen LogP contribution is -2.54. The first-order valence-corrected chi connectivity index (χ1v) is 8.73. The van der Waals surface area contributed by atoms with Crippen LogP contribution in [0.2, 0.25) is 0 Å². The van der Waals surface area contributed by atoms with Crippen molar-refractivity contribution in [1.82, 2.24) is 4.90 Å². The molecule has 6 heteroatoms. The van der Waals surface area contributed by atoms with E-state index in [4.69, 9.17) is 9.47 Å². The number of para-hydroxylation sites is 2. The Morgan fingerprint density at radius 1 is 0.923 bits per heavy atom. The van der Waals surface area contributed by atoms with Crippen LogP contribution in [-0.4, -0.2) is 55.7 Å². The minimum absolute atomic E-state index is 0.103. The number of benzene rings is 2. The summed E-state index contributed by atoms with van der Waals surface area (Å²) in [6, 6.07) is 16.4. The van der Waals surface area contributed by atoms with Gasteiger partial charge in [0, 0.05) is 18.7 Å². The number of anilines is 1. The van der Waals surface area contributed by atoms with Crippen molar-refractivity contribution in [2.45, 2.75) is 6.10 Å². The average molecular weight is 352 g/mol. The van der Waals surface area contributed by atoms with E-state index < -0.39 is 6.10 Å². The van der Waals surface area contributed by atoms with E-state index in [1.54, 1.807) is 28.0 Å². The molecule has 0 bridgehead atoms. The minimum atomic E-state index is -0.712. The summed E-state index contributed by atoms with van der Waals surface area (Å²) in [6.45, 7) is 2.35. The largest absolute Gasteiger partial charge is 0.476 e. The molecule has 0 spiro atoms. The van der Waals surface area contributed by atoms with Crippen LogP contribution in [0.25, 0.3) is 0 Å². The summed E-state index contributed by atoms with van der Waals surface area (Å²) in [4.78, 5) is 29.3. The fourth-order valence-corrected chi connectivity index (χ4v) is 3.28. The third-order valence-electron chi connectivity index (χ3n) is 4.64. The highest BCUT2D eigenvalue weighted by Gasteiger charge is 2.36. The lowest BCUT2D eigenvalue weighted by Gasteiger charge is -2.37. The molecule has 2 aromatic carbocycles. The molecule has 26 heavy (non-hydrogen) atoms. The van der Waals surface area contributed by atoms with Gasteiger partial charge in [0.05, 0.1) is 25.4 Å². The minimum Gasteiger partial charge on any atom is -0.476 e. The van der Waals surface area contributed by atoms with Gasteiger partial charge in [0.15, 0.2) is 6.10 Å². The van der Waals surface area contributed by atoms with Gasteiger partial charge in [-0.3, -0.25) is 9.59 Å². The molecule has 2 amide bonds. The molecule has 134 valence electrons. The summed E-state index contributed by atoms with van der Waals surface area (Å²) in [7, 11) is 0. The molecule has 1 fully saturated rings. The number of fused-ring (bicyclic) bond motifs is 1. The Morgan fingerprint density at radius 2 is 1.62 bits per heavy atom. The zero-order valence-corrected chi connectivity index (χ0v) is 14.3. The molecule has 2 aliphatic rings. The van der Waals surface area contributed by atoms with E-state index in [1.165, 1.54) is 0 Å². The zero-order valence-electron chi connectivity index (χ0n) is 14.3. The molecular formula is C20H20N2O4. The van der Waals surface area contributed by atoms with E-state index in [9.17, 15) is 9.59 Å². The third-order valence-corrected chi connectivity index (χ3v) is 4.64. The Bertz CT molecular complexity index is 802. The number of carbonyl (C=O) groups is 2. The number of hydrogen-bond acceptors (Lipinski definition) is 4. The highest BCUT2D eigenvalue weighted by atomic mass is 16.5. The molecule has 1 unspecified atom stereocenters.